The predicted octanol–water partition coefficient (Wildman–Crippen LogP) is 9.09. The van der Waals surface area contributed by atoms with Crippen LogP contribution in [-0.4, -0.2) is 59.2 Å². The molecule has 3 heterocycles. The van der Waals surface area contributed by atoms with Gasteiger partial charge in [0.25, 0.3) is 0 Å². The van der Waals surface area contributed by atoms with Gasteiger partial charge in [0, 0.05) is 18.5 Å². The van der Waals surface area contributed by atoms with Crippen molar-refractivity contribution < 1.29 is 19.2 Å². The zero-order chi connectivity index (χ0) is 41.4. The van der Waals surface area contributed by atoms with Gasteiger partial charge in [0.1, 0.15) is 5.82 Å². The van der Waals surface area contributed by atoms with Gasteiger partial charge in [0.2, 0.25) is 5.82 Å². The predicted molar refractivity (Wildman–Crippen MR) is 231 cm³/mol. The van der Waals surface area contributed by atoms with Crippen LogP contribution in [-0.2, 0) is 27.8 Å². The number of unbranched alkanes of at least 4 members (excludes halogenated alkanes) is 1. The van der Waals surface area contributed by atoms with E-state index < -0.39 is 29.8 Å². The van der Waals surface area contributed by atoms with Gasteiger partial charge in [-0.25, -0.2) is 9.78 Å². The summed E-state index contributed by atoms with van der Waals surface area (Å²) in [5.41, 5.74) is 5.21. The monoisotopic (exact) mass is 804 g/mol. The first-order valence-corrected chi connectivity index (χ1v) is 20.4. The van der Waals surface area contributed by atoms with Gasteiger partial charge in [-0.15, -0.1) is 15.0 Å². The molecule has 7 aromatic rings. The van der Waals surface area contributed by atoms with Crippen LogP contribution in [0.2, 0.25) is 5.15 Å². The van der Waals surface area contributed by atoms with Crippen molar-refractivity contribution in [1.29, 1.82) is 0 Å². The van der Waals surface area contributed by atoms with E-state index in [1.165, 1.54) is 0 Å². The van der Waals surface area contributed by atoms with Gasteiger partial charge in [-0.05, 0) is 78.2 Å². The first-order chi connectivity index (χ1) is 28.4. The molecule has 0 spiro atoms. The Hall–Kier alpha value is -5.88. The molecule has 0 saturated carbocycles. The molecule has 1 aliphatic rings. The first-order valence-electron chi connectivity index (χ1n) is 20.0. The number of aromatic carboxylic acids is 1. The van der Waals surface area contributed by atoms with E-state index in [0.717, 1.165) is 57.2 Å². The molecular weight excluding hydrogens is 759 g/mol. The minimum Gasteiger partial charge on any atom is -0.476 e. The smallest absolute Gasteiger partial charge is 0.476 e. The van der Waals surface area contributed by atoms with Crippen LogP contribution in [0.3, 0.4) is 0 Å². The number of carboxylic acid groups (broad SMARTS) is 1. The van der Waals surface area contributed by atoms with Crippen LogP contribution in [0, 0.1) is 0 Å². The van der Waals surface area contributed by atoms with Crippen molar-refractivity contribution in [3.05, 3.63) is 172 Å². The lowest BCUT2D eigenvalue weighted by Gasteiger charge is -2.34. The normalized spacial score (nSPS) is 14.8. The summed E-state index contributed by atoms with van der Waals surface area (Å²) in [5, 5.41) is 24.9. The van der Waals surface area contributed by atoms with E-state index in [0.29, 0.717) is 24.6 Å². The Labute approximate surface area is 350 Å². The number of halogens is 1. The summed E-state index contributed by atoms with van der Waals surface area (Å²) in [5.74, 6) is -0.0127. The summed E-state index contributed by atoms with van der Waals surface area (Å²) in [4.78, 5) is 18.4. The molecular formula is C47H46BClN6O4. The second kappa shape index (κ2) is 16.1. The van der Waals surface area contributed by atoms with Crippen molar-refractivity contribution in [3.63, 3.8) is 0 Å². The lowest BCUT2D eigenvalue weighted by molar-refractivity contribution is 0.00578. The SMILES string of the molecule is CCCCc1nc(Cl)c(C(=O)O)n1Cc1ccc(-c2cc(B3OC(C)(C)C(C)(C)O3)ccc2-c2nnn(C(c3ccccc3)(c3ccccc3)c3ccccc3)n2)cc1. The van der Waals surface area contributed by atoms with E-state index in [-0.39, 0.29) is 10.8 Å². The molecule has 0 radical (unpaired) electrons. The van der Waals surface area contributed by atoms with Crippen molar-refractivity contribution in [2.24, 2.45) is 0 Å². The number of tetrazole rings is 1. The van der Waals surface area contributed by atoms with Crippen LogP contribution in [0.5, 0.6) is 0 Å². The molecule has 1 saturated heterocycles. The maximum Gasteiger partial charge on any atom is 0.494 e. The maximum atomic E-state index is 12.3. The topological polar surface area (TPSA) is 117 Å². The summed E-state index contributed by atoms with van der Waals surface area (Å²) in [6.45, 7) is 10.6. The first kappa shape index (κ1) is 39.9. The zero-order valence-corrected chi connectivity index (χ0v) is 34.6. The Morgan fingerprint density at radius 3 is 1.86 bits per heavy atom. The van der Waals surface area contributed by atoms with Crippen LogP contribution in [0.15, 0.2) is 133 Å². The Morgan fingerprint density at radius 2 is 1.34 bits per heavy atom. The Bertz CT molecular complexity index is 2460. The molecule has 1 aliphatic heterocycles. The highest BCUT2D eigenvalue weighted by Crippen LogP contribution is 2.41. The molecule has 0 bridgehead atoms. The molecule has 1 fully saturated rings. The van der Waals surface area contributed by atoms with Gasteiger partial charge in [-0.1, -0.05) is 158 Å². The summed E-state index contributed by atoms with van der Waals surface area (Å²) in [6.07, 6.45) is 2.45. The standard InChI is InChI=1S/C47H46BClN6O4/c1-6-7-23-40-50-42(49)41(44(56)57)54(40)31-32-24-26-33(27-25-32)39-30-37(48-58-45(2,3)46(4,5)59-48)28-29-38(39)43-51-53-55(52-43)47(34-17-11-8-12-18-34,35-19-13-9-14-20-35)36-21-15-10-16-22-36/h8-22,24-30H,6-7,23,31H2,1-5H3,(H,56,57). The molecule has 5 aromatic carbocycles. The van der Waals surface area contributed by atoms with Crippen molar-refractivity contribution in [1.82, 2.24) is 29.8 Å². The van der Waals surface area contributed by atoms with E-state index in [2.05, 4.69) is 54.4 Å². The Kier molecular flexibility index (Phi) is 10.9. The quantitative estimate of drug-likeness (QED) is 0.0907. The fraction of sp³-hybridized carbons (Fsp3) is 0.255. The molecule has 0 aliphatic carbocycles. The lowest BCUT2D eigenvalue weighted by Crippen LogP contribution is -2.41. The average molecular weight is 805 g/mol. The largest absolute Gasteiger partial charge is 0.494 e. The molecule has 2 aromatic heterocycles. The van der Waals surface area contributed by atoms with Crippen LogP contribution in [0.4, 0.5) is 0 Å². The molecule has 298 valence electrons. The minimum absolute atomic E-state index is 0.000689. The zero-order valence-electron chi connectivity index (χ0n) is 33.8. The number of carbonyl (C=O) groups is 1. The second-order valence-corrected chi connectivity index (χ2v) is 16.3. The average Bonchev–Trinajstić information content (AvgIpc) is 3.91. The number of aryl methyl sites for hydroxylation is 1. The van der Waals surface area contributed by atoms with Gasteiger partial charge in [0.05, 0.1) is 11.2 Å². The van der Waals surface area contributed by atoms with E-state index in [4.69, 9.17) is 36.3 Å². The summed E-state index contributed by atoms with van der Waals surface area (Å²) < 4.78 is 14.7. The fourth-order valence-electron chi connectivity index (χ4n) is 7.81. The third-order valence-electron chi connectivity index (χ3n) is 11.7. The molecule has 1 N–H and O–H groups in total. The summed E-state index contributed by atoms with van der Waals surface area (Å²) in [6, 6.07) is 44.9. The van der Waals surface area contributed by atoms with Gasteiger partial charge in [-0.2, -0.15) is 0 Å². The van der Waals surface area contributed by atoms with Crippen LogP contribution < -0.4 is 5.46 Å². The summed E-state index contributed by atoms with van der Waals surface area (Å²) >= 11 is 6.36. The number of nitrogens with zero attached hydrogens (tertiary/aromatic N) is 6. The number of hydrogen-bond donors (Lipinski definition) is 1. The van der Waals surface area contributed by atoms with E-state index >= 15 is 0 Å². The number of carboxylic acids is 1. The Morgan fingerprint density at radius 1 is 0.780 bits per heavy atom. The minimum atomic E-state index is -1.11. The molecule has 10 nitrogen and oxygen atoms in total. The molecule has 0 unspecified atom stereocenters. The molecule has 59 heavy (non-hydrogen) atoms. The fourth-order valence-corrected chi connectivity index (χ4v) is 8.09. The Balaban J connectivity index is 1.25. The lowest BCUT2D eigenvalue weighted by atomic mass is 9.77. The number of hydrogen-bond acceptors (Lipinski definition) is 7. The molecule has 12 heteroatoms. The third-order valence-corrected chi connectivity index (χ3v) is 11.9. The highest BCUT2D eigenvalue weighted by Gasteiger charge is 2.52. The number of benzene rings is 5. The number of imidazole rings is 1. The van der Waals surface area contributed by atoms with Gasteiger partial charge in [0.15, 0.2) is 16.4 Å². The van der Waals surface area contributed by atoms with Crippen molar-refractivity contribution in [3.8, 4) is 22.5 Å². The van der Waals surface area contributed by atoms with Crippen LogP contribution in [0.25, 0.3) is 22.5 Å². The van der Waals surface area contributed by atoms with E-state index in [9.17, 15) is 9.90 Å². The number of aromatic nitrogens is 6. The number of rotatable bonds is 13. The van der Waals surface area contributed by atoms with Crippen LogP contribution in [0.1, 0.15) is 86.0 Å². The van der Waals surface area contributed by atoms with Crippen molar-refractivity contribution >= 4 is 30.2 Å². The molecule has 0 amide bonds. The second-order valence-electron chi connectivity index (χ2n) is 16.0. The maximum absolute atomic E-state index is 12.3. The summed E-state index contributed by atoms with van der Waals surface area (Å²) in [7, 11) is -0.598. The van der Waals surface area contributed by atoms with E-state index in [1.807, 2.05) is 119 Å². The molecule has 0 atom stereocenters. The van der Waals surface area contributed by atoms with E-state index in [1.54, 1.807) is 9.36 Å². The third kappa shape index (κ3) is 7.39. The highest BCUT2D eigenvalue weighted by atomic mass is 35.5. The highest BCUT2D eigenvalue weighted by molar-refractivity contribution is 6.62. The van der Waals surface area contributed by atoms with Gasteiger partial charge >= 0.3 is 13.1 Å². The van der Waals surface area contributed by atoms with Gasteiger partial charge < -0.3 is 19.0 Å². The van der Waals surface area contributed by atoms with Crippen molar-refractivity contribution in [2.75, 3.05) is 0 Å². The van der Waals surface area contributed by atoms with Crippen molar-refractivity contribution in [2.45, 2.75) is 77.2 Å². The molecule has 8 rings (SSSR count). The van der Waals surface area contributed by atoms with Crippen LogP contribution >= 0.6 is 11.6 Å². The van der Waals surface area contributed by atoms with Gasteiger partial charge in [-0.3, -0.25) is 0 Å².